The lowest BCUT2D eigenvalue weighted by molar-refractivity contribution is 0.121. The second kappa shape index (κ2) is 5.89. The van der Waals surface area contributed by atoms with Crippen molar-refractivity contribution >= 4 is 0 Å². The maximum atomic E-state index is 5.66. The molecular formula is C15H28N2O. The lowest BCUT2D eigenvalue weighted by Gasteiger charge is -2.19. The highest BCUT2D eigenvalue weighted by Gasteiger charge is 2.38. The van der Waals surface area contributed by atoms with Gasteiger partial charge in [-0.15, -0.1) is 0 Å². The normalized spacial score (nSPS) is 33.2. The van der Waals surface area contributed by atoms with Gasteiger partial charge in [0.2, 0.25) is 0 Å². The summed E-state index contributed by atoms with van der Waals surface area (Å²) in [5.74, 6) is 0.903. The third-order valence-electron chi connectivity index (χ3n) is 4.59. The third kappa shape index (κ3) is 3.69. The molecule has 0 bridgehead atoms. The van der Waals surface area contributed by atoms with Gasteiger partial charge in [0.25, 0.3) is 0 Å². The molecule has 3 fully saturated rings. The average Bonchev–Trinajstić information content (AvgIpc) is 3.23. The average molecular weight is 252 g/mol. The topological polar surface area (TPSA) is 24.5 Å². The van der Waals surface area contributed by atoms with Crippen molar-refractivity contribution in [3.8, 4) is 0 Å². The zero-order valence-corrected chi connectivity index (χ0v) is 11.7. The van der Waals surface area contributed by atoms with Gasteiger partial charge >= 0.3 is 0 Å². The molecule has 0 aromatic carbocycles. The van der Waals surface area contributed by atoms with Crippen LogP contribution in [0.15, 0.2) is 0 Å². The molecule has 3 rings (SSSR count). The molecule has 1 aliphatic heterocycles. The number of nitrogens with one attached hydrogen (secondary N) is 1. The molecule has 2 atom stereocenters. The quantitative estimate of drug-likeness (QED) is 0.669. The zero-order chi connectivity index (χ0) is 12.4. The van der Waals surface area contributed by atoms with Gasteiger partial charge < -0.3 is 10.1 Å². The third-order valence-corrected chi connectivity index (χ3v) is 4.59. The Morgan fingerprint density at radius 3 is 2.78 bits per heavy atom. The molecule has 3 nitrogen and oxygen atoms in total. The molecule has 2 unspecified atom stereocenters. The lowest BCUT2D eigenvalue weighted by Crippen LogP contribution is -2.34. The van der Waals surface area contributed by atoms with Crippen molar-refractivity contribution in [3.05, 3.63) is 0 Å². The highest BCUT2D eigenvalue weighted by molar-refractivity contribution is 4.95. The van der Waals surface area contributed by atoms with E-state index in [-0.39, 0.29) is 0 Å². The Morgan fingerprint density at radius 2 is 2.06 bits per heavy atom. The highest BCUT2D eigenvalue weighted by Crippen LogP contribution is 2.33. The van der Waals surface area contributed by atoms with E-state index in [4.69, 9.17) is 4.74 Å². The summed E-state index contributed by atoms with van der Waals surface area (Å²) in [6.07, 6.45) is 8.17. The van der Waals surface area contributed by atoms with Crippen LogP contribution in [-0.2, 0) is 4.74 Å². The Balaban J connectivity index is 1.22. The summed E-state index contributed by atoms with van der Waals surface area (Å²) < 4.78 is 5.66. The molecule has 1 heterocycles. The molecule has 0 amide bonds. The minimum absolute atomic E-state index is 0.726. The van der Waals surface area contributed by atoms with Crippen molar-refractivity contribution < 1.29 is 4.74 Å². The fourth-order valence-corrected chi connectivity index (χ4v) is 3.13. The Labute approximate surface area is 111 Å². The Kier molecular flexibility index (Phi) is 4.22. The summed E-state index contributed by atoms with van der Waals surface area (Å²) in [7, 11) is 0. The molecule has 1 N–H and O–H groups in total. The summed E-state index contributed by atoms with van der Waals surface area (Å²) in [6.45, 7) is 6.74. The fourth-order valence-electron chi connectivity index (χ4n) is 3.13. The van der Waals surface area contributed by atoms with Crippen molar-refractivity contribution in [3.63, 3.8) is 0 Å². The lowest BCUT2D eigenvalue weighted by atomic mass is 10.2. The largest absolute Gasteiger partial charge is 0.381 e. The summed E-state index contributed by atoms with van der Waals surface area (Å²) in [5.41, 5.74) is 0. The molecule has 0 spiro atoms. The van der Waals surface area contributed by atoms with Crippen LogP contribution in [0, 0.1) is 5.92 Å². The number of hydrogen-bond acceptors (Lipinski definition) is 3. The predicted molar refractivity (Wildman–Crippen MR) is 73.8 cm³/mol. The van der Waals surface area contributed by atoms with Gasteiger partial charge in [0, 0.05) is 37.9 Å². The van der Waals surface area contributed by atoms with Crippen LogP contribution in [0.5, 0.6) is 0 Å². The first kappa shape index (κ1) is 12.9. The highest BCUT2D eigenvalue weighted by atomic mass is 16.5. The van der Waals surface area contributed by atoms with Gasteiger partial charge in [-0.3, -0.25) is 4.90 Å². The van der Waals surface area contributed by atoms with Crippen molar-refractivity contribution in [2.75, 3.05) is 26.3 Å². The maximum absolute atomic E-state index is 5.66. The fraction of sp³-hybridized carbons (Fsp3) is 1.00. The van der Waals surface area contributed by atoms with E-state index in [0.29, 0.717) is 0 Å². The van der Waals surface area contributed by atoms with Gasteiger partial charge in [0.15, 0.2) is 0 Å². The van der Waals surface area contributed by atoms with E-state index in [1.54, 1.807) is 0 Å². The van der Waals surface area contributed by atoms with Crippen LogP contribution in [0.1, 0.15) is 45.4 Å². The number of hydrogen-bond donors (Lipinski definition) is 1. The van der Waals surface area contributed by atoms with Crippen molar-refractivity contribution in [1.82, 2.24) is 10.2 Å². The molecule has 2 saturated carbocycles. The van der Waals surface area contributed by atoms with E-state index in [0.717, 1.165) is 43.8 Å². The standard InChI is InChI=1S/C15H28N2O/c1-12-9-14(10-17(12)15-5-6-15)16-7-2-8-18-11-13-3-4-13/h12-16H,2-11H2,1H3. The van der Waals surface area contributed by atoms with E-state index < -0.39 is 0 Å². The van der Waals surface area contributed by atoms with E-state index in [1.165, 1.54) is 45.1 Å². The smallest absolute Gasteiger partial charge is 0.0494 e. The molecule has 3 aliphatic rings. The van der Waals surface area contributed by atoms with Crippen LogP contribution >= 0.6 is 0 Å². The first-order valence-corrected chi connectivity index (χ1v) is 7.90. The molecule has 3 heteroatoms. The number of nitrogens with zero attached hydrogens (tertiary/aromatic N) is 1. The molecule has 1 saturated heterocycles. The Morgan fingerprint density at radius 1 is 1.22 bits per heavy atom. The predicted octanol–water partition coefficient (Wildman–Crippen LogP) is 2.02. The Hall–Kier alpha value is -0.120. The number of rotatable bonds is 8. The van der Waals surface area contributed by atoms with Gasteiger partial charge in [-0.05, 0) is 57.9 Å². The van der Waals surface area contributed by atoms with Crippen LogP contribution in [0.3, 0.4) is 0 Å². The minimum atomic E-state index is 0.726. The van der Waals surface area contributed by atoms with E-state index >= 15 is 0 Å². The Bertz CT molecular complexity index is 263. The van der Waals surface area contributed by atoms with Gasteiger partial charge in [0.1, 0.15) is 0 Å². The van der Waals surface area contributed by atoms with Gasteiger partial charge in [-0.1, -0.05) is 0 Å². The van der Waals surface area contributed by atoms with Gasteiger partial charge in [-0.25, -0.2) is 0 Å². The van der Waals surface area contributed by atoms with E-state index in [2.05, 4.69) is 17.1 Å². The molecule has 0 aromatic heterocycles. The summed E-state index contributed by atoms with van der Waals surface area (Å²) in [4.78, 5) is 2.71. The van der Waals surface area contributed by atoms with Gasteiger partial charge in [0.05, 0.1) is 0 Å². The zero-order valence-electron chi connectivity index (χ0n) is 11.7. The SMILES string of the molecule is CC1CC(NCCCOCC2CC2)CN1C1CC1. The van der Waals surface area contributed by atoms with Crippen LogP contribution in [0.2, 0.25) is 0 Å². The number of likely N-dealkylation sites (tertiary alicyclic amines) is 1. The molecular weight excluding hydrogens is 224 g/mol. The van der Waals surface area contributed by atoms with E-state index in [9.17, 15) is 0 Å². The van der Waals surface area contributed by atoms with E-state index in [1.807, 2.05) is 0 Å². The van der Waals surface area contributed by atoms with Crippen molar-refractivity contribution in [2.45, 2.75) is 63.6 Å². The van der Waals surface area contributed by atoms with Crippen LogP contribution in [0.4, 0.5) is 0 Å². The van der Waals surface area contributed by atoms with Gasteiger partial charge in [-0.2, -0.15) is 0 Å². The molecule has 2 aliphatic carbocycles. The van der Waals surface area contributed by atoms with Crippen LogP contribution in [-0.4, -0.2) is 49.3 Å². The van der Waals surface area contributed by atoms with Crippen molar-refractivity contribution in [2.24, 2.45) is 5.92 Å². The second-order valence-electron chi connectivity index (χ2n) is 6.54. The summed E-state index contributed by atoms with van der Waals surface area (Å²) in [6, 6.07) is 2.44. The molecule has 0 aromatic rings. The second-order valence-corrected chi connectivity index (χ2v) is 6.54. The molecule has 0 radical (unpaired) electrons. The molecule has 18 heavy (non-hydrogen) atoms. The number of ether oxygens (including phenoxy) is 1. The first-order chi connectivity index (χ1) is 8.83. The monoisotopic (exact) mass is 252 g/mol. The van der Waals surface area contributed by atoms with Crippen molar-refractivity contribution in [1.29, 1.82) is 0 Å². The van der Waals surface area contributed by atoms with Crippen LogP contribution in [0.25, 0.3) is 0 Å². The maximum Gasteiger partial charge on any atom is 0.0494 e. The first-order valence-electron chi connectivity index (χ1n) is 7.90. The summed E-state index contributed by atoms with van der Waals surface area (Å²) in [5, 5.41) is 3.71. The van der Waals surface area contributed by atoms with Crippen LogP contribution < -0.4 is 5.32 Å². The molecule has 104 valence electrons. The summed E-state index contributed by atoms with van der Waals surface area (Å²) >= 11 is 0. The minimum Gasteiger partial charge on any atom is -0.381 e.